The standard InChI is InChI=1S/C17H17NO3/c19-17(16-10-14-8-4-5-9-15(14)18-16)21-12-20-11-13-6-2-1-3-7-13/h1-9,16,18H,10-12H2. The van der Waals surface area contributed by atoms with E-state index in [1.54, 1.807) is 0 Å². The molecule has 21 heavy (non-hydrogen) atoms. The van der Waals surface area contributed by atoms with Gasteiger partial charge in [0.25, 0.3) is 0 Å². The summed E-state index contributed by atoms with van der Waals surface area (Å²) in [5, 5.41) is 3.16. The predicted molar refractivity (Wildman–Crippen MR) is 79.7 cm³/mol. The smallest absolute Gasteiger partial charge is 0.331 e. The van der Waals surface area contributed by atoms with Crippen molar-refractivity contribution in [3.05, 3.63) is 65.7 Å². The zero-order chi connectivity index (χ0) is 14.5. The Kier molecular flexibility index (Phi) is 4.17. The average Bonchev–Trinajstić information content (AvgIpc) is 2.96. The van der Waals surface area contributed by atoms with Crippen LogP contribution < -0.4 is 5.32 Å². The van der Waals surface area contributed by atoms with Gasteiger partial charge in [-0.1, -0.05) is 48.5 Å². The highest BCUT2D eigenvalue weighted by Gasteiger charge is 2.27. The van der Waals surface area contributed by atoms with Crippen LogP contribution in [-0.2, 0) is 27.3 Å². The predicted octanol–water partition coefficient (Wildman–Crippen LogP) is 2.74. The van der Waals surface area contributed by atoms with E-state index in [9.17, 15) is 4.79 Å². The first-order chi connectivity index (χ1) is 10.3. The molecule has 0 aromatic heterocycles. The summed E-state index contributed by atoms with van der Waals surface area (Å²) in [6, 6.07) is 17.4. The van der Waals surface area contributed by atoms with Gasteiger partial charge in [0.05, 0.1) is 6.61 Å². The zero-order valence-electron chi connectivity index (χ0n) is 11.6. The fourth-order valence-corrected chi connectivity index (χ4v) is 2.37. The molecule has 0 saturated heterocycles. The molecule has 0 aliphatic carbocycles. The van der Waals surface area contributed by atoms with Crippen LogP contribution in [0.2, 0.25) is 0 Å². The molecule has 1 heterocycles. The number of ether oxygens (including phenoxy) is 2. The van der Waals surface area contributed by atoms with E-state index in [0.717, 1.165) is 16.8 Å². The lowest BCUT2D eigenvalue weighted by Crippen LogP contribution is -2.29. The molecule has 3 rings (SSSR count). The number of carbonyl (C=O) groups excluding carboxylic acids is 1. The summed E-state index contributed by atoms with van der Waals surface area (Å²) in [5.74, 6) is -0.278. The first-order valence-electron chi connectivity index (χ1n) is 6.96. The van der Waals surface area contributed by atoms with Crippen molar-refractivity contribution in [2.75, 3.05) is 12.1 Å². The Balaban J connectivity index is 1.42. The Morgan fingerprint density at radius 3 is 2.67 bits per heavy atom. The summed E-state index contributed by atoms with van der Waals surface area (Å²) < 4.78 is 10.5. The Labute approximate surface area is 123 Å². The van der Waals surface area contributed by atoms with Gasteiger partial charge in [0.1, 0.15) is 6.04 Å². The molecule has 4 nitrogen and oxygen atoms in total. The molecule has 0 fully saturated rings. The summed E-state index contributed by atoms with van der Waals surface area (Å²) >= 11 is 0. The molecule has 1 atom stereocenters. The molecule has 1 aliphatic heterocycles. The minimum absolute atomic E-state index is 0.0255. The molecular formula is C17H17NO3. The Bertz CT molecular complexity index is 587. The molecule has 1 aliphatic rings. The number of rotatable bonds is 5. The van der Waals surface area contributed by atoms with Gasteiger partial charge >= 0.3 is 5.97 Å². The van der Waals surface area contributed by atoms with Gasteiger partial charge in [-0.05, 0) is 17.2 Å². The van der Waals surface area contributed by atoms with Gasteiger partial charge in [-0.2, -0.15) is 0 Å². The van der Waals surface area contributed by atoms with Crippen LogP contribution in [0, 0.1) is 0 Å². The maximum absolute atomic E-state index is 12.0. The third kappa shape index (κ3) is 3.41. The van der Waals surface area contributed by atoms with Crippen molar-refractivity contribution >= 4 is 11.7 Å². The number of nitrogens with one attached hydrogen (secondary N) is 1. The molecule has 1 N–H and O–H groups in total. The van der Waals surface area contributed by atoms with E-state index in [1.165, 1.54) is 0 Å². The molecule has 4 heteroatoms. The van der Waals surface area contributed by atoms with Gasteiger partial charge < -0.3 is 14.8 Å². The van der Waals surface area contributed by atoms with Crippen LogP contribution in [0.4, 0.5) is 5.69 Å². The topological polar surface area (TPSA) is 47.6 Å². The molecule has 1 unspecified atom stereocenters. The normalized spacial score (nSPS) is 16.1. The third-order valence-corrected chi connectivity index (χ3v) is 3.45. The fraction of sp³-hybridized carbons (Fsp3) is 0.235. The number of carbonyl (C=O) groups is 1. The molecule has 0 saturated carbocycles. The van der Waals surface area contributed by atoms with Gasteiger partial charge in [-0.3, -0.25) is 0 Å². The molecule has 108 valence electrons. The second-order valence-electron chi connectivity index (χ2n) is 4.97. The van der Waals surface area contributed by atoms with Crippen LogP contribution in [0.1, 0.15) is 11.1 Å². The highest BCUT2D eigenvalue weighted by Crippen LogP contribution is 2.25. The molecule has 2 aromatic carbocycles. The quantitative estimate of drug-likeness (QED) is 0.521. The van der Waals surface area contributed by atoms with Gasteiger partial charge in [-0.25, -0.2) is 4.79 Å². The largest absolute Gasteiger partial charge is 0.437 e. The molecule has 2 aromatic rings. The second kappa shape index (κ2) is 6.41. The SMILES string of the molecule is O=C(OCOCc1ccccc1)C1Cc2ccccc2N1. The number of fused-ring (bicyclic) bond motifs is 1. The van der Waals surface area contributed by atoms with Gasteiger partial charge in [0.15, 0.2) is 6.79 Å². The number of anilines is 1. The number of esters is 1. The molecule has 0 spiro atoms. The van der Waals surface area contributed by atoms with Gasteiger partial charge in [0, 0.05) is 12.1 Å². The summed E-state index contributed by atoms with van der Waals surface area (Å²) in [6.07, 6.45) is 0.660. The van der Waals surface area contributed by atoms with E-state index in [-0.39, 0.29) is 18.8 Å². The Morgan fingerprint density at radius 1 is 1.10 bits per heavy atom. The van der Waals surface area contributed by atoms with Gasteiger partial charge in [-0.15, -0.1) is 0 Å². The van der Waals surface area contributed by atoms with Crippen molar-refractivity contribution in [2.45, 2.75) is 19.1 Å². The maximum atomic E-state index is 12.0. The lowest BCUT2D eigenvalue weighted by atomic mass is 10.1. The van der Waals surface area contributed by atoms with Crippen molar-refractivity contribution < 1.29 is 14.3 Å². The minimum Gasteiger partial charge on any atom is -0.437 e. The van der Waals surface area contributed by atoms with Crippen molar-refractivity contribution in [2.24, 2.45) is 0 Å². The summed E-state index contributed by atoms with van der Waals surface area (Å²) in [7, 11) is 0. The van der Waals surface area contributed by atoms with Gasteiger partial charge in [0.2, 0.25) is 0 Å². The maximum Gasteiger partial charge on any atom is 0.331 e. The molecule has 0 radical (unpaired) electrons. The fourth-order valence-electron chi connectivity index (χ4n) is 2.37. The third-order valence-electron chi connectivity index (χ3n) is 3.45. The first-order valence-corrected chi connectivity index (χ1v) is 6.96. The molecule has 0 amide bonds. The lowest BCUT2D eigenvalue weighted by molar-refractivity contribution is -0.158. The van der Waals surface area contributed by atoms with Crippen LogP contribution in [0.15, 0.2) is 54.6 Å². The molecule has 0 bridgehead atoms. The van der Waals surface area contributed by atoms with Crippen molar-refractivity contribution in [3.63, 3.8) is 0 Å². The lowest BCUT2D eigenvalue weighted by Gasteiger charge is -2.11. The van der Waals surface area contributed by atoms with Crippen LogP contribution in [0.25, 0.3) is 0 Å². The summed E-state index contributed by atoms with van der Waals surface area (Å²) in [5.41, 5.74) is 3.20. The zero-order valence-corrected chi connectivity index (χ0v) is 11.6. The average molecular weight is 283 g/mol. The highest BCUT2D eigenvalue weighted by molar-refractivity contribution is 5.82. The number of para-hydroxylation sites is 1. The minimum atomic E-state index is -0.317. The Hall–Kier alpha value is -2.33. The first kappa shape index (κ1) is 13.6. The molecular weight excluding hydrogens is 266 g/mol. The van der Waals surface area contributed by atoms with E-state index in [2.05, 4.69) is 5.32 Å². The van der Waals surface area contributed by atoms with Crippen LogP contribution in [0.5, 0.6) is 0 Å². The van der Waals surface area contributed by atoms with Crippen molar-refractivity contribution in [1.29, 1.82) is 0 Å². The van der Waals surface area contributed by atoms with E-state index >= 15 is 0 Å². The Morgan fingerprint density at radius 2 is 1.86 bits per heavy atom. The van der Waals surface area contributed by atoms with E-state index < -0.39 is 0 Å². The van der Waals surface area contributed by atoms with E-state index in [0.29, 0.717) is 13.0 Å². The van der Waals surface area contributed by atoms with E-state index in [4.69, 9.17) is 9.47 Å². The van der Waals surface area contributed by atoms with Crippen LogP contribution in [-0.4, -0.2) is 18.8 Å². The number of hydrogen-bond acceptors (Lipinski definition) is 4. The van der Waals surface area contributed by atoms with Crippen LogP contribution >= 0.6 is 0 Å². The highest BCUT2D eigenvalue weighted by atomic mass is 16.7. The monoisotopic (exact) mass is 283 g/mol. The number of benzene rings is 2. The van der Waals surface area contributed by atoms with Crippen molar-refractivity contribution in [1.82, 2.24) is 0 Å². The summed E-state index contributed by atoms with van der Waals surface area (Å²) in [4.78, 5) is 12.0. The second-order valence-corrected chi connectivity index (χ2v) is 4.97. The number of hydrogen-bond donors (Lipinski definition) is 1. The van der Waals surface area contributed by atoms with Crippen molar-refractivity contribution in [3.8, 4) is 0 Å². The summed E-state index contributed by atoms with van der Waals surface area (Å²) in [6.45, 7) is 0.411. The van der Waals surface area contributed by atoms with Crippen LogP contribution in [0.3, 0.4) is 0 Å². The van der Waals surface area contributed by atoms with E-state index in [1.807, 2.05) is 54.6 Å².